The summed E-state index contributed by atoms with van der Waals surface area (Å²) in [4.78, 5) is 4.27. The molecule has 0 fully saturated rings. The van der Waals surface area contributed by atoms with Crippen molar-refractivity contribution in [3.05, 3.63) is 34.9 Å². The molecule has 0 radical (unpaired) electrons. The highest BCUT2D eigenvalue weighted by Gasteiger charge is 2.08. The molecule has 1 aromatic heterocycles. The van der Waals surface area contributed by atoms with Crippen molar-refractivity contribution in [1.82, 2.24) is 4.98 Å². The van der Waals surface area contributed by atoms with Gasteiger partial charge in [0, 0.05) is 37.9 Å². The van der Waals surface area contributed by atoms with E-state index in [1.165, 1.54) is 11.8 Å². The third-order valence-electron chi connectivity index (χ3n) is 2.28. The van der Waals surface area contributed by atoms with Crippen molar-refractivity contribution in [2.75, 3.05) is 11.5 Å². The van der Waals surface area contributed by atoms with Crippen LogP contribution in [0.4, 0.5) is 0 Å². The Morgan fingerprint density at radius 3 is 2.78 bits per heavy atom. The van der Waals surface area contributed by atoms with Gasteiger partial charge in [0.25, 0.3) is 0 Å². The lowest BCUT2D eigenvalue weighted by atomic mass is 10.2. The average molecular weight is 367 g/mol. The fourth-order valence-corrected chi connectivity index (χ4v) is 4.35. The van der Waals surface area contributed by atoms with Crippen molar-refractivity contribution in [3.63, 3.8) is 0 Å². The van der Waals surface area contributed by atoms with Crippen LogP contribution in [-0.4, -0.2) is 24.9 Å². The minimum atomic E-state index is -3.44. The number of halogens is 2. The topological polar surface area (TPSA) is 47.0 Å². The Kier molecular flexibility index (Phi) is 4.53. The SMILES string of the molecule is O=S(=O)(Cl)CCSc1nccc2c(Br)cccc12. The number of aromatic nitrogens is 1. The molecule has 1 heterocycles. The molecule has 0 aliphatic carbocycles. The largest absolute Gasteiger partial charge is 0.249 e. The van der Waals surface area contributed by atoms with Gasteiger partial charge >= 0.3 is 0 Å². The summed E-state index contributed by atoms with van der Waals surface area (Å²) >= 11 is 4.87. The first-order valence-electron chi connectivity index (χ1n) is 5.06. The molecule has 7 heteroatoms. The molecule has 0 aliphatic rings. The Labute approximate surface area is 122 Å². The van der Waals surface area contributed by atoms with Crippen LogP contribution in [0, 0.1) is 0 Å². The van der Waals surface area contributed by atoms with Crippen LogP contribution in [0.5, 0.6) is 0 Å². The number of rotatable bonds is 4. The fraction of sp³-hybridized carbons (Fsp3) is 0.182. The zero-order chi connectivity index (χ0) is 13.2. The first-order valence-corrected chi connectivity index (χ1v) is 9.31. The Hall–Kier alpha value is -0.300. The lowest BCUT2D eigenvalue weighted by Gasteiger charge is -2.05. The number of hydrogen-bond acceptors (Lipinski definition) is 4. The molecule has 0 N–H and O–H groups in total. The molecule has 96 valence electrons. The maximum atomic E-state index is 10.9. The number of hydrogen-bond donors (Lipinski definition) is 0. The molecule has 0 aliphatic heterocycles. The molecule has 0 unspecified atom stereocenters. The van der Waals surface area contributed by atoms with Crippen LogP contribution in [-0.2, 0) is 9.05 Å². The standard InChI is InChI=1S/C11H9BrClNO2S2/c12-10-3-1-2-9-8(10)4-5-14-11(9)17-6-7-18(13,15)16/h1-5H,6-7H2. The maximum absolute atomic E-state index is 10.9. The van der Waals surface area contributed by atoms with E-state index in [0.717, 1.165) is 20.3 Å². The highest BCUT2D eigenvalue weighted by Crippen LogP contribution is 2.30. The van der Waals surface area contributed by atoms with E-state index in [0.29, 0.717) is 5.75 Å². The molecular weight excluding hydrogens is 358 g/mol. The van der Waals surface area contributed by atoms with Gasteiger partial charge in [0.15, 0.2) is 0 Å². The summed E-state index contributed by atoms with van der Waals surface area (Å²) < 4.78 is 22.7. The minimum absolute atomic E-state index is 0.0642. The number of benzene rings is 1. The first-order chi connectivity index (χ1) is 8.47. The monoisotopic (exact) mass is 365 g/mol. The second kappa shape index (κ2) is 5.77. The van der Waals surface area contributed by atoms with Crippen LogP contribution in [0.1, 0.15) is 0 Å². The van der Waals surface area contributed by atoms with E-state index in [1.807, 2.05) is 24.3 Å². The Bertz CT molecular complexity index is 676. The molecular formula is C11H9BrClNO2S2. The van der Waals surface area contributed by atoms with Crippen LogP contribution in [0.25, 0.3) is 10.8 Å². The molecule has 2 rings (SSSR count). The molecule has 0 amide bonds. The van der Waals surface area contributed by atoms with Gasteiger partial charge in [0.2, 0.25) is 9.05 Å². The first kappa shape index (κ1) is 14.1. The Morgan fingerprint density at radius 1 is 1.28 bits per heavy atom. The number of fused-ring (bicyclic) bond motifs is 1. The molecule has 0 saturated heterocycles. The van der Waals surface area contributed by atoms with E-state index >= 15 is 0 Å². The van der Waals surface area contributed by atoms with E-state index in [2.05, 4.69) is 20.9 Å². The van der Waals surface area contributed by atoms with E-state index in [9.17, 15) is 8.42 Å². The van der Waals surface area contributed by atoms with Crippen LogP contribution >= 0.6 is 38.4 Å². The second-order valence-electron chi connectivity index (χ2n) is 3.54. The van der Waals surface area contributed by atoms with Crippen molar-refractivity contribution < 1.29 is 8.42 Å². The van der Waals surface area contributed by atoms with E-state index < -0.39 is 9.05 Å². The van der Waals surface area contributed by atoms with Gasteiger partial charge in [-0.3, -0.25) is 0 Å². The van der Waals surface area contributed by atoms with Gasteiger partial charge < -0.3 is 0 Å². The average Bonchev–Trinajstić information content (AvgIpc) is 2.29. The van der Waals surface area contributed by atoms with Gasteiger partial charge in [-0.1, -0.05) is 28.1 Å². The summed E-state index contributed by atoms with van der Waals surface area (Å²) in [5.41, 5.74) is 0. The molecule has 0 spiro atoms. The van der Waals surface area contributed by atoms with Gasteiger partial charge in [-0.25, -0.2) is 13.4 Å². The predicted molar refractivity (Wildman–Crippen MR) is 79.8 cm³/mol. The van der Waals surface area contributed by atoms with Gasteiger partial charge in [0.1, 0.15) is 5.03 Å². The summed E-state index contributed by atoms with van der Waals surface area (Å²) in [5, 5.41) is 2.88. The van der Waals surface area contributed by atoms with Crippen molar-refractivity contribution in [1.29, 1.82) is 0 Å². The highest BCUT2D eigenvalue weighted by molar-refractivity contribution is 9.10. The van der Waals surface area contributed by atoms with Crippen molar-refractivity contribution in [2.45, 2.75) is 5.03 Å². The van der Waals surface area contributed by atoms with E-state index in [1.54, 1.807) is 6.20 Å². The molecule has 3 nitrogen and oxygen atoms in total. The summed E-state index contributed by atoms with van der Waals surface area (Å²) in [6.45, 7) is 0. The Morgan fingerprint density at radius 2 is 2.06 bits per heavy atom. The quantitative estimate of drug-likeness (QED) is 0.612. The summed E-state index contributed by atoms with van der Waals surface area (Å²) in [6.07, 6.45) is 1.71. The van der Waals surface area contributed by atoms with Gasteiger partial charge in [0.05, 0.1) is 5.75 Å². The second-order valence-corrected chi connectivity index (χ2v) is 8.38. The zero-order valence-corrected chi connectivity index (χ0v) is 13.1. The predicted octanol–water partition coefficient (Wildman–Crippen LogP) is 3.66. The van der Waals surface area contributed by atoms with Crippen molar-refractivity contribution in [2.24, 2.45) is 0 Å². The molecule has 2 aromatic rings. The summed E-state index contributed by atoms with van der Waals surface area (Å²) in [5.74, 6) is 0.329. The van der Waals surface area contributed by atoms with Crippen LogP contribution in [0.3, 0.4) is 0 Å². The number of nitrogens with zero attached hydrogens (tertiary/aromatic N) is 1. The molecule has 1 aromatic carbocycles. The summed E-state index contributed by atoms with van der Waals surface area (Å²) in [6, 6.07) is 7.77. The van der Waals surface area contributed by atoms with E-state index in [4.69, 9.17) is 10.7 Å². The lowest BCUT2D eigenvalue weighted by molar-refractivity contribution is 0.611. The van der Waals surface area contributed by atoms with Crippen LogP contribution < -0.4 is 0 Å². The lowest BCUT2D eigenvalue weighted by Crippen LogP contribution is -2.00. The van der Waals surface area contributed by atoms with Gasteiger partial charge in [-0.05, 0) is 12.1 Å². The van der Waals surface area contributed by atoms with E-state index in [-0.39, 0.29) is 5.75 Å². The fourth-order valence-electron chi connectivity index (χ4n) is 1.49. The molecule has 18 heavy (non-hydrogen) atoms. The molecule has 0 atom stereocenters. The number of thioether (sulfide) groups is 1. The number of pyridine rings is 1. The molecule has 0 saturated carbocycles. The maximum Gasteiger partial charge on any atom is 0.233 e. The van der Waals surface area contributed by atoms with Crippen LogP contribution in [0.15, 0.2) is 40.0 Å². The normalized spacial score (nSPS) is 11.9. The van der Waals surface area contributed by atoms with Gasteiger partial charge in [-0.15, -0.1) is 11.8 Å². The highest BCUT2D eigenvalue weighted by atomic mass is 79.9. The van der Waals surface area contributed by atoms with Crippen molar-refractivity contribution >= 4 is 58.2 Å². The third-order valence-corrected chi connectivity index (χ3v) is 5.39. The zero-order valence-electron chi connectivity index (χ0n) is 9.14. The smallest absolute Gasteiger partial charge is 0.233 e. The van der Waals surface area contributed by atoms with Crippen molar-refractivity contribution in [3.8, 4) is 0 Å². The third kappa shape index (κ3) is 3.60. The minimum Gasteiger partial charge on any atom is -0.249 e. The molecule has 0 bridgehead atoms. The van der Waals surface area contributed by atoms with Crippen LogP contribution in [0.2, 0.25) is 0 Å². The Balaban J connectivity index is 2.26. The van der Waals surface area contributed by atoms with Gasteiger partial charge in [-0.2, -0.15) is 0 Å². The summed E-state index contributed by atoms with van der Waals surface area (Å²) in [7, 11) is 1.73.